The summed E-state index contributed by atoms with van der Waals surface area (Å²) in [6, 6.07) is 4.56. The Bertz CT molecular complexity index is 720. The molecular formula is C17H22ClFN4O. The smallest absolute Gasteiger partial charge is 0.123 e. The third kappa shape index (κ3) is 3.61. The zero-order valence-electron chi connectivity index (χ0n) is 13.9. The minimum Gasteiger partial charge on any atom is -0.382 e. The van der Waals surface area contributed by atoms with Crippen LogP contribution in [-0.4, -0.2) is 38.1 Å². The van der Waals surface area contributed by atoms with Gasteiger partial charge in [0.25, 0.3) is 0 Å². The quantitative estimate of drug-likeness (QED) is 0.918. The van der Waals surface area contributed by atoms with Gasteiger partial charge in [-0.15, -0.1) is 5.10 Å². The number of aliphatic hydroxyl groups is 1. The van der Waals surface area contributed by atoms with Gasteiger partial charge < -0.3 is 5.11 Å². The number of halogens is 2. The molecule has 0 bridgehead atoms. The van der Waals surface area contributed by atoms with E-state index in [0.29, 0.717) is 30.2 Å². The second-order valence-electron chi connectivity index (χ2n) is 6.76. The zero-order chi connectivity index (χ0) is 17.3. The first-order chi connectivity index (χ1) is 11.4. The fraction of sp³-hybridized carbons (Fsp3) is 0.529. The molecule has 1 N–H and O–H groups in total. The maximum atomic E-state index is 13.4. The van der Waals surface area contributed by atoms with Crippen molar-refractivity contribution in [3.63, 3.8) is 0 Å². The van der Waals surface area contributed by atoms with Crippen LogP contribution in [0.25, 0.3) is 0 Å². The average Bonchev–Trinajstić information content (AvgIpc) is 3.02. The van der Waals surface area contributed by atoms with Gasteiger partial charge in [-0.25, -0.2) is 9.07 Å². The van der Waals surface area contributed by atoms with E-state index < -0.39 is 5.60 Å². The van der Waals surface area contributed by atoms with Crippen molar-refractivity contribution in [1.82, 2.24) is 19.9 Å². The molecule has 1 aromatic carbocycles. The first kappa shape index (κ1) is 17.3. The number of benzene rings is 1. The molecule has 3 rings (SSSR count). The van der Waals surface area contributed by atoms with Gasteiger partial charge in [-0.1, -0.05) is 16.8 Å². The summed E-state index contributed by atoms with van der Waals surface area (Å²) in [5.74, 6) is -0.304. The summed E-state index contributed by atoms with van der Waals surface area (Å²) >= 11 is 6.16. The van der Waals surface area contributed by atoms with Crippen molar-refractivity contribution in [2.45, 2.75) is 44.9 Å². The van der Waals surface area contributed by atoms with Crippen molar-refractivity contribution in [2.75, 3.05) is 13.1 Å². The van der Waals surface area contributed by atoms with E-state index in [0.717, 1.165) is 18.5 Å². The van der Waals surface area contributed by atoms with E-state index in [1.165, 1.54) is 12.1 Å². The zero-order valence-corrected chi connectivity index (χ0v) is 14.7. The van der Waals surface area contributed by atoms with Crippen LogP contribution in [0.4, 0.5) is 4.39 Å². The van der Waals surface area contributed by atoms with Gasteiger partial charge >= 0.3 is 0 Å². The van der Waals surface area contributed by atoms with Crippen LogP contribution in [0.1, 0.15) is 44.0 Å². The van der Waals surface area contributed by atoms with Crippen molar-refractivity contribution in [3.8, 4) is 0 Å². The summed E-state index contributed by atoms with van der Waals surface area (Å²) in [5, 5.41) is 19.8. The summed E-state index contributed by atoms with van der Waals surface area (Å²) in [6.45, 7) is 5.78. The number of likely N-dealkylation sites (tertiary alicyclic amines) is 1. The van der Waals surface area contributed by atoms with Crippen LogP contribution < -0.4 is 0 Å². The lowest BCUT2D eigenvalue weighted by Gasteiger charge is -2.38. The van der Waals surface area contributed by atoms with Gasteiger partial charge in [0.2, 0.25) is 0 Å². The molecule has 1 aliphatic rings. The largest absolute Gasteiger partial charge is 0.382 e. The fourth-order valence-electron chi connectivity index (χ4n) is 3.11. The predicted octanol–water partition coefficient (Wildman–Crippen LogP) is 3.14. The maximum absolute atomic E-state index is 13.4. The number of β-amino-alcohol motifs (C(OH)–C–C–N with tert-alkyl or cyclic N) is 1. The van der Waals surface area contributed by atoms with Crippen LogP contribution >= 0.6 is 11.6 Å². The SMILES string of the molecule is CC(C)n1cc(C2(O)CCCN(Cc3cc(F)ccc3Cl)C2)nn1. The summed E-state index contributed by atoms with van der Waals surface area (Å²) in [7, 11) is 0. The summed E-state index contributed by atoms with van der Waals surface area (Å²) < 4.78 is 15.2. The highest BCUT2D eigenvalue weighted by Crippen LogP contribution is 2.32. The van der Waals surface area contributed by atoms with Crippen molar-refractivity contribution < 1.29 is 9.50 Å². The van der Waals surface area contributed by atoms with Gasteiger partial charge in [0.1, 0.15) is 17.1 Å². The minimum atomic E-state index is -1.04. The molecule has 1 aliphatic heterocycles. The molecule has 2 aromatic rings. The Labute approximate surface area is 146 Å². The van der Waals surface area contributed by atoms with E-state index in [-0.39, 0.29) is 11.9 Å². The Morgan fingerprint density at radius 2 is 2.21 bits per heavy atom. The Balaban J connectivity index is 1.76. The molecule has 0 spiro atoms. The number of aromatic nitrogens is 3. The molecule has 0 radical (unpaired) electrons. The molecule has 0 aliphatic carbocycles. The fourth-order valence-corrected chi connectivity index (χ4v) is 3.29. The number of hydrogen-bond acceptors (Lipinski definition) is 4. The molecule has 1 atom stereocenters. The standard InChI is InChI=1S/C17H22ClFN4O/c1-12(2)23-10-16(20-21-23)17(24)6-3-7-22(11-17)9-13-8-14(19)4-5-15(13)18/h4-5,8,10,12,24H,3,6-7,9,11H2,1-2H3. The van der Waals surface area contributed by atoms with E-state index in [9.17, 15) is 9.50 Å². The number of rotatable bonds is 4. The van der Waals surface area contributed by atoms with Crippen molar-refractivity contribution in [3.05, 3.63) is 46.5 Å². The van der Waals surface area contributed by atoms with E-state index >= 15 is 0 Å². The topological polar surface area (TPSA) is 54.2 Å². The highest BCUT2D eigenvalue weighted by Gasteiger charge is 2.37. The highest BCUT2D eigenvalue weighted by molar-refractivity contribution is 6.31. The molecule has 2 heterocycles. The maximum Gasteiger partial charge on any atom is 0.123 e. The first-order valence-corrected chi connectivity index (χ1v) is 8.56. The summed E-state index contributed by atoms with van der Waals surface area (Å²) in [5.41, 5.74) is 0.281. The number of nitrogens with zero attached hydrogens (tertiary/aromatic N) is 4. The second kappa shape index (κ2) is 6.78. The Morgan fingerprint density at radius 3 is 2.92 bits per heavy atom. The molecular weight excluding hydrogens is 331 g/mol. The molecule has 0 amide bonds. The molecule has 130 valence electrons. The Morgan fingerprint density at radius 1 is 1.42 bits per heavy atom. The van der Waals surface area contributed by atoms with Gasteiger partial charge in [-0.05, 0) is 57.0 Å². The molecule has 7 heteroatoms. The molecule has 1 unspecified atom stereocenters. The lowest BCUT2D eigenvalue weighted by atomic mass is 9.89. The van der Waals surface area contributed by atoms with E-state index in [2.05, 4.69) is 15.2 Å². The van der Waals surface area contributed by atoms with E-state index in [1.807, 2.05) is 20.0 Å². The number of hydrogen-bond donors (Lipinski definition) is 1. The predicted molar refractivity (Wildman–Crippen MR) is 90.2 cm³/mol. The Hall–Kier alpha value is -1.50. The number of piperidine rings is 1. The lowest BCUT2D eigenvalue weighted by molar-refractivity contribution is -0.0414. The monoisotopic (exact) mass is 352 g/mol. The Kier molecular flexibility index (Phi) is 4.90. The van der Waals surface area contributed by atoms with Gasteiger partial charge in [0.15, 0.2) is 0 Å². The van der Waals surface area contributed by atoms with Gasteiger partial charge in [-0.3, -0.25) is 4.90 Å². The molecule has 0 saturated carbocycles. The van der Waals surface area contributed by atoms with Crippen molar-refractivity contribution in [1.29, 1.82) is 0 Å². The van der Waals surface area contributed by atoms with Gasteiger partial charge in [-0.2, -0.15) is 0 Å². The van der Waals surface area contributed by atoms with Crippen LogP contribution in [0.15, 0.2) is 24.4 Å². The van der Waals surface area contributed by atoms with Crippen LogP contribution in [0, 0.1) is 5.82 Å². The average molecular weight is 353 g/mol. The molecule has 24 heavy (non-hydrogen) atoms. The van der Waals surface area contributed by atoms with Crippen LogP contribution in [0.5, 0.6) is 0 Å². The van der Waals surface area contributed by atoms with Gasteiger partial charge in [0, 0.05) is 24.2 Å². The highest BCUT2D eigenvalue weighted by atomic mass is 35.5. The lowest BCUT2D eigenvalue weighted by Crippen LogP contribution is -2.46. The van der Waals surface area contributed by atoms with Crippen LogP contribution in [0.3, 0.4) is 0 Å². The first-order valence-electron chi connectivity index (χ1n) is 8.18. The second-order valence-corrected chi connectivity index (χ2v) is 7.17. The molecule has 5 nitrogen and oxygen atoms in total. The molecule has 1 fully saturated rings. The normalized spacial score (nSPS) is 22.2. The van der Waals surface area contributed by atoms with Crippen LogP contribution in [-0.2, 0) is 12.1 Å². The molecule has 1 aromatic heterocycles. The third-order valence-electron chi connectivity index (χ3n) is 4.47. The molecule has 1 saturated heterocycles. The van der Waals surface area contributed by atoms with E-state index in [4.69, 9.17) is 11.6 Å². The third-order valence-corrected chi connectivity index (χ3v) is 4.84. The summed E-state index contributed by atoms with van der Waals surface area (Å²) in [4.78, 5) is 2.08. The van der Waals surface area contributed by atoms with Gasteiger partial charge in [0.05, 0.1) is 6.20 Å². The minimum absolute atomic E-state index is 0.195. The van der Waals surface area contributed by atoms with Crippen molar-refractivity contribution in [2.24, 2.45) is 0 Å². The van der Waals surface area contributed by atoms with Crippen LogP contribution in [0.2, 0.25) is 5.02 Å². The van der Waals surface area contributed by atoms with Crippen molar-refractivity contribution >= 4 is 11.6 Å². The summed E-state index contributed by atoms with van der Waals surface area (Å²) in [6.07, 6.45) is 3.28. The van der Waals surface area contributed by atoms with E-state index in [1.54, 1.807) is 10.7 Å².